The van der Waals surface area contributed by atoms with E-state index in [-0.39, 0.29) is 17.7 Å². The summed E-state index contributed by atoms with van der Waals surface area (Å²) >= 11 is 0. The second-order valence-corrected chi connectivity index (χ2v) is 6.19. The lowest BCUT2D eigenvalue weighted by atomic mass is 10.1. The number of hydrogen-bond acceptors (Lipinski definition) is 5. The largest absolute Gasteiger partial charge is 0.468 e. The van der Waals surface area contributed by atoms with Gasteiger partial charge in [0.25, 0.3) is 5.91 Å². The summed E-state index contributed by atoms with van der Waals surface area (Å²) in [5, 5.41) is 5.39. The Kier molecular flexibility index (Phi) is 7.11. The van der Waals surface area contributed by atoms with E-state index in [1.807, 2.05) is 6.92 Å². The molecule has 0 aromatic carbocycles. The van der Waals surface area contributed by atoms with Gasteiger partial charge in [-0.25, -0.2) is 9.97 Å². The fourth-order valence-electron chi connectivity index (χ4n) is 2.42. The lowest BCUT2D eigenvalue weighted by Crippen LogP contribution is -2.24. The molecule has 0 fully saturated rings. The highest BCUT2D eigenvalue weighted by molar-refractivity contribution is 5.94. The summed E-state index contributed by atoms with van der Waals surface area (Å²) in [6, 6.07) is 3.57. The van der Waals surface area contributed by atoms with Gasteiger partial charge in [-0.3, -0.25) is 4.79 Å². The molecule has 0 aliphatic rings. The number of pyridine rings is 2. The Morgan fingerprint density at radius 3 is 2.43 bits per heavy atom. The fourth-order valence-corrected chi connectivity index (χ4v) is 2.42. The maximum Gasteiger partial charge on any atom is 0.422 e. The molecule has 2 N–H and O–H groups in total. The minimum Gasteiger partial charge on any atom is -0.468 e. The van der Waals surface area contributed by atoms with Crippen molar-refractivity contribution in [1.29, 1.82) is 0 Å². The van der Waals surface area contributed by atoms with E-state index in [2.05, 4.69) is 25.3 Å². The van der Waals surface area contributed by atoms with Gasteiger partial charge in [0, 0.05) is 30.5 Å². The zero-order chi connectivity index (χ0) is 22.5. The molecule has 30 heavy (non-hydrogen) atoms. The number of alkyl halides is 6. The zero-order valence-corrected chi connectivity index (χ0v) is 15.9. The van der Waals surface area contributed by atoms with Crippen molar-refractivity contribution in [2.45, 2.75) is 32.7 Å². The molecule has 0 spiro atoms. The van der Waals surface area contributed by atoms with E-state index in [0.29, 0.717) is 24.1 Å². The second-order valence-electron chi connectivity index (χ2n) is 6.19. The van der Waals surface area contributed by atoms with E-state index < -0.39 is 36.3 Å². The number of halogens is 6. The number of ether oxygens (including phenoxy) is 1. The molecule has 0 radical (unpaired) electrons. The summed E-state index contributed by atoms with van der Waals surface area (Å²) in [6.45, 7) is 1.86. The molecule has 12 heteroatoms. The highest BCUT2D eigenvalue weighted by Crippen LogP contribution is 2.36. The SMILES string of the molecule is CCNc1cc(C(=O)NCc2cnc(OCC(F)(F)F)c(C(F)(F)F)c2)cc(C)n1. The molecule has 0 unspecified atom stereocenters. The number of anilines is 1. The van der Waals surface area contributed by atoms with E-state index in [1.54, 1.807) is 6.92 Å². The van der Waals surface area contributed by atoms with Gasteiger partial charge in [0.15, 0.2) is 6.61 Å². The summed E-state index contributed by atoms with van der Waals surface area (Å²) in [4.78, 5) is 19.9. The molecular formula is C18H18F6N4O2. The average Bonchev–Trinajstić information content (AvgIpc) is 2.63. The van der Waals surface area contributed by atoms with E-state index in [0.717, 1.165) is 6.20 Å². The van der Waals surface area contributed by atoms with Gasteiger partial charge in [-0.15, -0.1) is 0 Å². The number of hydrogen-bond donors (Lipinski definition) is 2. The predicted molar refractivity (Wildman–Crippen MR) is 95.1 cm³/mol. The van der Waals surface area contributed by atoms with Crippen molar-refractivity contribution in [3.8, 4) is 5.88 Å². The Hall–Kier alpha value is -3.05. The Bertz CT molecular complexity index is 899. The standard InChI is InChI=1S/C18H18F6N4O2/c1-3-25-14-6-12(4-10(2)28-14)15(29)26-7-11-5-13(18(22,23)24)16(27-8-11)30-9-17(19,20)21/h4-6,8H,3,7,9H2,1-2H3,(H,25,28)(H,26,29). The maximum absolute atomic E-state index is 13.2. The molecule has 0 atom stereocenters. The Morgan fingerprint density at radius 1 is 1.13 bits per heavy atom. The first-order chi connectivity index (χ1) is 13.9. The lowest BCUT2D eigenvalue weighted by molar-refractivity contribution is -0.159. The highest BCUT2D eigenvalue weighted by atomic mass is 19.4. The van der Waals surface area contributed by atoms with Gasteiger partial charge in [0.05, 0.1) is 0 Å². The second kappa shape index (κ2) is 9.18. The maximum atomic E-state index is 13.2. The minimum atomic E-state index is -4.99. The van der Waals surface area contributed by atoms with Crippen LogP contribution in [0.1, 0.15) is 34.1 Å². The van der Waals surface area contributed by atoms with Gasteiger partial charge in [-0.1, -0.05) is 0 Å². The highest BCUT2D eigenvalue weighted by Gasteiger charge is 2.37. The molecule has 1 amide bonds. The van der Waals surface area contributed by atoms with E-state index in [4.69, 9.17) is 0 Å². The van der Waals surface area contributed by atoms with E-state index >= 15 is 0 Å². The summed E-state index contributed by atoms with van der Waals surface area (Å²) in [6.07, 6.45) is -8.90. The number of aryl methyl sites for hydroxylation is 1. The fraction of sp³-hybridized carbons (Fsp3) is 0.389. The van der Waals surface area contributed by atoms with Crippen molar-refractivity contribution in [2.24, 2.45) is 0 Å². The monoisotopic (exact) mass is 436 g/mol. The Morgan fingerprint density at radius 2 is 1.83 bits per heavy atom. The number of nitrogens with one attached hydrogen (secondary N) is 2. The number of nitrogens with zero attached hydrogens (tertiary/aromatic N) is 2. The first kappa shape index (κ1) is 23.2. The van der Waals surface area contributed by atoms with E-state index in [9.17, 15) is 31.1 Å². The third-order valence-corrected chi connectivity index (χ3v) is 3.61. The van der Waals surface area contributed by atoms with Gasteiger partial charge in [-0.2, -0.15) is 26.3 Å². The minimum absolute atomic E-state index is 0.0623. The smallest absolute Gasteiger partial charge is 0.422 e. The van der Waals surface area contributed by atoms with Crippen LogP contribution in [0.5, 0.6) is 5.88 Å². The third kappa shape index (κ3) is 6.78. The summed E-state index contributed by atoms with van der Waals surface area (Å²) in [5.74, 6) is -1.28. The first-order valence-electron chi connectivity index (χ1n) is 8.65. The molecule has 2 aromatic rings. The van der Waals surface area contributed by atoms with Gasteiger partial charge < -0.3 is 15.4 Å². The van der Waals surface area contributed by atoms with Crippen molar-refractivity contribution in [3.05, 3.63) is 46.8 Å². The molecule has 2 rings (SSSR count). The molecule has 0 saturated carbocycles. The molecule has 0 saturated heterocycles. The third-order valence-electron chi connectivity index (χ3n) is 3.61. The molecule has 2 aromatic heterocycles. The van der Waals surface area contributed by atoms with Crippen LogP contribution in [0.4, 0.5) is 32.2 Å². The predicted octanol–water partition coefficient (Wildman–Crippen LogP) is 4.11. The van der Waals surface area contributed by atoms with Gasteiger partial charge in [-0.05, 0) is 37.6 Å². The summed E-state index contributed by atoms with van der Waals surface area (Å²) in [5.41, 5.74) is -0.723. The molecule has 6 nitrogen and oxygen atoms in total. The Balaban J connectivity index is 2.16. The number of carbonyl (C=O) groups is 1. The van der Waals surface area contributed by atoms with Crippen molar-refractivity contribution < 1.29 is 35.9 Å². The summed E-state index contributed by atoms with van der Waals surface area (Å²) in [7, 11) is 0. The van der Waals surface area contributed by atoms with Crippen LogP contribution in [0.3, 0.4) is 0 Å². The van der Waals surface area contributed by atoms with Crippen LogP contribution < -0.4 is 15.4 Å². The van der Waals surface area contributed by atoms with Crippen LogP contribution in [0, 0.1) is 6.92 Å². The lowest BCUT2D eigenvalue weighted by Gasteiger charge is -2.15. The summed E-state index contributed by atoms with van der Waals surface area (Å²) < 4.78 is 80.4. The van der Waals surface area contributed by atoms with Crippen LogP contribution in [-0.2, 0) is 12.7 Å². The van der Waals surface area contributed by atoms with Crippen LogP contribution in [0.25, 0.3) is 0 Å². The van der Waals surface area contributed by atoms with Crippen molar-refractivity contribution in [1.82, 2.24) is 15.3 Å². The normalized spacial score (nSPS) is 11.9. The number of carbonyl (C=O) groups excluding carboxylic acids is 1. The van der Waals surface area contributed by atoms with Crippen molar-refractivity contribution in [2.75, 3.05) is 18.5 Å². The quantitative estimate of drug-likeness (QED) is 0.639. The molecule has 0 aliphatic heterocycles. The van der Waals surface area contributed by atoms with Gasteiger partial charge >= 0.3 is 12.4 Å². The molecular weight excluding hydrogens is 418 g/mol. The molecule has 0 bridgehead atoms. The van der Waals surface area contributed by atoms with Crippen molar-refractivity contribution in [3.63, 3.8) is 0 Å². The number of aromatic nitrogens is 2. The first-order valence-corrected chi connectivity index (χ1v) is 8.65. The topological polar surface area (TPSA) is 76.1 Å². The van der Waals surface area contributed by atoms with Gasteiger partial charge in [0.1, 0.15) is 11.4 Å². The average molecular weight is 436 g/mol. The number of amides is 1. The Labute approximate surface area is 167 Å². The molecule has 2 heterocycles. The number of rotatable bonds is 7. The van der Waals surface area contributed by atoms with Crippen LogP contribution >= 0.6 is 0 Å². The van der Waals surface area contributed by atoms with Crippen LogP contribution in [0.2, 0.25) is 0 Å². The molecule has 0 aliphatic carbocycles. The van der Waals surface area contributed by atoms with E-state index in [1.165, 1.54) is 12.1 Å². The zero-order valence-electron chi connectivity index (χ0n) is 15.9. The van der Waals surface area contributed by atoms with Crippen molar-refractivity contribution >= 4 is 11.7 Å². The van der Waals surface area contributed by atoms with Crippen LogP contribution in [-0.4, -0.2) is 35.2 Å². The van der Waals surface area contributed by atoms with Crippen LogP contribution in [0.15, 0.2) is 24.4 Å². The van der Waals surface area contributed by atoms with Gasteiger partial charge in [0.2, 0.25) is 5.88 Å². The molecule has 164 valence electrons.